The van der Waals surface area contributed by atoms with Crippen LogP contribution in [0.5, 0.6) is 0 Å². The van der Waals surface area contributed by atoms with Gasteiger partial charge in [-0.3, -0.25) is 0 Å². The summed E-state index contributed by atoms with van der Waals surface area (Å²) in [5.74, 6) is 0. The summed E-state index contributed by atoms with van der Waals surface area (Å²) >= 11 is 1.73. The van der Waals surface area contributed by atoms with Crippen molar-refractivity contribution in [2.24, 2.45) is 0 Å². The molecule has 0 saturated heterocycles. The molecule has 0 radical (unpaired) electrons. The fourth-order valence-corrected chi connectivity index (χ4v) is 3.27. The van der Waals surface area contributed by atoms with Gasteiger partial charge >= 0.3 is 0 Å². The summed E-state index contributed by atoms with van der Waals surface area (Å²) < 4.78 is 0. The third-order valence-corrected chi connectivity index (χ3v) is 4.53. The van der Waals surface area contributed by atoms with Crippen LogP contribution in [0.25, 0.3) is 0 Å². The zero-order chi connectivity index (χ0) is 14.4. The van der Waals surface area contributed by atoms with Crippen LogP contribution in [0, 0.1) is 0 Å². The summed E-state index contributed by atoms with van der Waals surface area (Å²) in [4.78, 5) is 4.31. The maximum atomic E-state index is 4.31. The first-order chi connectivity index (χ1) is 9.58. The minimum absolute atomic E-state index is 0.203. The van der Waals surface area contributed by atoms with Crippen LogP contribution >= 0.6 is 11.3 Å². The van der Waals surface area contributed by atoms with Crippen LogP contribution in [0.1, 0.15) is 37.8 Å². The first kappa shape index (κ1) is 15.2. The van der Waals surface area contributed by atoms with E-state index in [0.29, 0.717) is 6.04 Å². The Morgan fingerprint density at radius 1 is 1.25 bits per heavy atom. The molecule has 0 saturated carbocycles. The highest BCUT2D eigenvalue weighted by Gasteiger charge is 2.22. The first-order valence-electron chi connectivity index (χ1n) is 7.25. The van der Waals surface area contributed by atoms with E-state index in [1.165, 1.54) is 10.6 Å². The Bertz CT molecular complexity index is 491. The van der Waals surface area contributed by atoms with Crippen molar-refractivity contribution in [3.63, 3.8) is 0 Å². The van der Waals surface area contributed by atoms with E-state index in [0.717, 1.165) is 19.4 Å². The molecular weight excluding hydrogens is 264 g/mol. The molecule has 0 spiro atoms. The second-order valence-electron chi connectivity index (χ2n) is 5.99. The van der Waals surface area contributed by atoms with E-state index < -0.39 is 0 Å². The number of thiazole rings is 1. The highest BCUT2D eigenvalue weighted by molar-refractivity contribution is 7.09. The quantitative estimate of drug-likeness (QED) is 0.832. The van der Waals surface area contributed by atoms with Crippen LogP contribution in [0.2, 0.25) is 0 Å². The number of hydrogen-bond donors (Lipinski definition) is 1. The first-order valence-corrected chi connectivity index (χ1v) is 8.13. The number of rotatable bonds is 7. The predicted molar refractivity (Wildman–Crippen MR) is 87.4 cm³/mol. The molecule has 3 heteroatoms. The minimum Gasteiger partial charge on any atom is -0.314 e. The third kappa shape index (κ3) is 4.43. The summed E-state index contributed by atoms with van der Waals surface area (Å²) in [6.07, 6.45) is 4.03. The van der Waals surface area contributed by atoms with Crippen molar-refractivity contribution in [1.82, 2.24) is 10.3 Å². The minimum atomic E-state index is 0.203. The lowest BCUT2D eigenvalue weighted by molar-refractivity contribution is 0.390. The zero-order valence-electron chi connectivity index (χ0n) is 12.6. The molecule has 2 nitrogen and oxygen atoms in total. The summed E-state index contributed by atoms with van der Waals surface area (Å²) in [5.41, 5.74) is 1.61. The Morgan fingerprint density at radius 3 is 2.65 bits per heavy atom. The van der Waals surface area contributed by atoms with Gasteiger partial charge in [-0.05, 0) is 24.3 Å². The van der Waals surface area contributed by atoms with Crippen LogP contribution in [-0.2, 0) is 11.8 Å². The van der Waals surface area contributed by atoms with Gasteiger partial charge < -0.3 is 5.32 Å². The van der Waals surface area contributed by atoms with E-state index in [1.54, 1.807) is 11.3 Å². The summed E-state index contributed by atoms with van der Waals surface area (Å²) in [6, 6.07) is 11.3. The summed E-state index contributed by atoms with van der Waals surface area (Å²) in [5, 5.41) is 6.87. The second-order valence-corrected chi connectivity index (χ2v) is 6.96. The number of nitrogens with one attached hydrogen (secondary N) is 1. The number of aromatic nitrogens is 1. The lowest BCUT2D eigenvalue weighted by atomic mass is 9.79. The lowest BCUT2D eigenvalue weighted by Gasteiger charge is -2.29. The topological polar surface area (TPSA) is 24.9 Å². The average molecular weight is 288 g/mol. The van der Waals surface area contributed by atoms with Crippen molar-refractivity contribution >= 4 is 11.3 Å². The Balaban J connectivity index is 1.80. The molecule has 0 fully saturated rings. The standard InChI is InChI=1S/C17H24N2S/c1-14(18-10-9-16-19-11-12-20-16)13-17(2,3)15-7-5-4-6-8-15/h4-8,11-12,14,18H,9-10,13H2,1-3H3. The highest BCUT2D eigenvalue weighted by Crippen LogP contribution is 2.28. The van der Waals surface area contributed by atoms with E-state index >= 15 is 0 Å². The molecule has 0 aliphatic heterocycles. The van der Waals surface area contributed by atoms with Crippen molar-refractivity contribution in [3.05, 3.63) is 52.5 Å². The summed E-state index contributed by atoms with van der Waals surface area (Å²) in [7, 11) is 0. The molecule has 2 rings (SSSR count). The van der Waals surface area contributed by atoms with Gasteiger partial charge in [0.1, 0.15) is 0 Å². The monoisotopic (exact) mass is 288 g/mol. The molecule has 1 aromatic carbocycles. The van der Waals surface area contributed by atoms with Gasteiger partial charge in [0, 0.05) is 30.6 Å². The van der Waals surface area contributed by atoms with Crippen molar-refractivity contribution in [3.8, 4) is 0 Å². The van der Waals surface area contributed by atoms with Crippen LogP contribution in [0.4, 0.5) is 0 Å². The van der Waals surface area contributed by atoms with Crippen molar-refractivity contribution in [1.29, 1.82) is 0 Å². The average Bonchev–Trinajstić information content (AvgIpc) is 2.92. The van der Waals surface area contributed by atoms with Gasteiger partial charge in [-0.2, -0.15) is 0 Å². The molecule has 0 aliphatic rings. The van der Waals surface area contributed by atoms with E-state index in [2.05, 4.69) is 61.4 Å². The molecule has 2 aromatic rings. The zero-order valence-corrected chi connectivity index (χ0v) is 13.4. The molecular formula is C17H24N2S. The van der Waals surface area contributed by atoms with Crippen LogP contribution in [0.15, 0.2) is 41.9 Å². The van der Waals surface area contributed by atoms with Gasteiger partial charge in [-0.1, -0.05) is 44.2 Å². The molecule has 0 bridgehead atoms. The molecule has 1 heterocycles. The fraction of sp³-hybridized carbons (Fsp3) is 0.471. The second kappa shape index (κ2) is 7.00. The molecule has 0 amide bonds. The number of hydrogen-bond acceptors (Lipinski definition) is 3. The van der Waals surface area contributed by atoms with Crippen molar-refractivity contribution in [2.75, 3.05) is 6.54 Å². The molecule has 1 N–H and O–H groups in total. The number of nitrogens with zero attached hydrogens (tertiary/aromatic N) is 1. The molecule has 1 atom stereocenters. The third-order valence-electron chi connectivity index (χ3n) is 3.69. The lowest BCUT2D eigenvalue weighted by Crippen LogP contribution is -2.34. The molecule has 0 aliphatic carbocycles. The number of benzene rings is 1. The predicted octanol–water partition coefficient (Wildman–Crippen LogP) is 4.03. The van der Waals surface area contributed by atoms with Gasteiger partial charge in [0.2, 0.25) is 0 Å². The van der Waals surface area contributed by atoms with Gasteiger partial charge in [0.15, 0.2) is 0 Å². The Labute approximate surface area is 126 Å². The molecule has 1 unspecified atom stereocenters. The summed E-state index contributed by atoms with van der Waals surface area (Å²) in [6.45, 7) is 7.91. The SMILES string of the molecule is CC(CC(C)(C)c1ccccc1)NCCc1nccs1. The van der Waals surface area contributed by atoms with Crippen molar-refractivity contribution < 1.29 is 0 Å². The Kier molecular flexibility index (Phi) is 5.32. The van der Waals surface area contributed by atoms with Gasteiger partial charge in [-0.25, -0.2) is 4.98 Å². The largest absolute Gasteiger partial charge is 0.314 e. The highest BCUT2D eigenvalue weighted by atomic mass is 32.1. The maximum Gasteiger partial charge on any atom is 0.0937 e. The molecule has 108 valence electrons. The smallest absolute Gasteiger partial charge is 0.0937 e. The fourth-order valence-electron chi connectivity index (χ4n) is 2.65. The maximum absolute atomic E-state index is 4.31. The Hall–Kier alpha value is -1.19. The van der Waals surface area contributed by atoms with Crippen molar-refractivity contribution in [2.45, 2.75) is 45.1 Å². The van der Waals surface area contributed by atoms with Crippen LogP contribution < -0.4 is 5.32 Å². The normalized spacial score (nSPS) is 13.3. The van der Waals surface area contributed by atoms with E-state index in [-0.39, 0.29) is 5.41 Å². The van der Waals surface area contributed by atoms with Crippen LogP contribution in [0.3, 0.4) is 0 Å². The van der Waals surface area contributed by atoms with Gasteiger partial charge in [0.25, 0.3) is 0 Å². The molecule has 1 aromatic heterocycles. The van der Waals surface area contributed by atoms with Gasteiger partial charge in [0.05, 0.1) is 5.01 Å². The van der Waals surface area contributed by atoms with E-state index in [4.69, 9.17) is 0 Å². The van der Waals surface area contributed by atoms with Crippen LogP contribution in [-0.4, -0.2) is 17.6 Å². The van der Waals surface area contributed by atoms with E-state index in [9.17, 15) is 0 Å². The Morgan fingerprint density at radius 2 is 2.00 bits per heavy atom. The van der Waals surface area contributed by atoms with Gasteiger partial charge in [-0.15, -0.1) is 11.3 Å². The van der Waals surface area contributed by atoms with E-state index in [1.807, 2.05) is 11.6 Å². The molecule has 20 heavy (non-hydrogen) atoms.